The maximum atomic E-state index is 12.0. The highest BCUT2D eigenvalue weighted by Crippen LogP contribution is 2.18. The molecule has 6 heteroatoms. The van der Waals surface area contributed by atoms with Crippen LogP contribution in [0.2, 0.25) is 0 Å². The van der Waals surface area contributed by atoms with Gasteiger partial charge in [0.25, 0.3) is 0 Å². The zero-order valence-electron chi connectivity index (χ0n) is 11.9. The number of nitrogens with zero attached hydrogens (tertiary/aromatic N) is 1. The largest absolute Gasteiger partial charge is 0.381 e. The summed E-state index contributed by atoms with van der Waals surface area (Å²) >= 11 is 3.43. The lowest BCUT2D eigenvalue weighted by atomic mass is 10.2. The molecule has 0 aromatic heterocycles. The molecule has 0 bridgehead atoms. The Labute approximate surface area is 134 Å². The summed E-state index contributed by atoms with van der Waals surface area (Å²) in [7, 11) is -0.322. The number of benzene rings is 2. The van der Waals surface area contributed by atoms with Gasteiger partial charge in [0.05, 0.1) is 4.90 Å². The standard InChI is InChI=1S/C15H17BrN2O2S/c1-18(2)21(19,20)15-8-6-14(7-9-15)17-11-12-4-3-5-13(16)10-12/h3-10,17H,11H2,1-2H3. The maximum absolute atomic E-state index is 12.0. The second kappa shape index (κ2) is 6.60. The van der Waals surface area contributed by atoms with Crippen LogP contribution in [0.25, 0.3) is 0 Å². The summed E-state index contributed by atoms with van der Waals surface area (Å²) < 4.78 is 26.2. The fourth-order valence-electron chi connectivity index (χ4n) is 1.81. The molecule has 0 aliphatic carbocycles. The first kappa shape index (κ1) is 16.0. The molecule has 2 rings (SSSR count). The molecule has 0 radical (unpaired) electrons. The van der Waals surface area contributed by atoms with Gasteiger partial charge in [0, 0.05) is 30.8 Å². The van der Waals surface area contributed by atoms with Crippen molar-refractivity contribution in [2.75, 3.05) is 19.4 Å². The van der Waals surface area contributed by atoms with Crippen molar-refractivity contribution in [2.24, 2.45) is 0 Å². The summed E-state index contributed by atoms with van der Waals surface area (Å²) in [6, 6.07) is 14.8. The van der Waals surface area contributed by atoms with Crippen LogP contribution in [0, 0.1) is 0 Å². The predicted octanol–water partition coefficient (Wildman–Crippen LogP) is 3.31. The summed E-state index contributed by atoms with van der Waals surface area (Å²) in [6.45, 7) is 0.680. The molecule has 0 atom stereocenters. The van der Waals surface area contributed by atoms with Crippen molar-refractivity contribution in [1.82, 2.24) is 4.31 Å². The zero-order chi connectivity index (χ0) is 15.5. The number of sulfonamides is 1. The number of anilines is 1. The maximum Gasteiger partial charge on any atom is 0.242 e. The van der Waals surface area contributed by atoms with Gasteiger partial charge in [-0.15, -0.1) is 0 Å². The highest BCUT2D eigenvalue weighted by molar-refractivity contribution is 9.10. The van der Waals surface area contributed by atoms with E-state index in [1.807, 2.05) is 24.3 Å². The van der Waals surface area contributed by atoms with Crippen LogP contribution in [-0.4, -0.2) is 26.8 Å². The van der Waals surface area contributed by atoms with Crippen LogP contribution in [0.15, 0.2) is 57.9 Å². The molecular weight excluding hydrogens is 352 g/mol. The number of hydrogen-bond acceptors (Lipinski definition) is 3. The van der Waals surface area contributed by atoms with E-state index in [0.717, 1.165) is 15.7 Å². The lowest BCUT2D eigenvalue weighted by molar-refractivity contribution is 0.521. The molecular formula is C15H17BrN2O2S. The van der Waals surface area contributed by atoms with E-state index in [1.54, 1.807) is 24.3 Å². The molecule has 0 spiro atoms. The Bertz CT molecular complexity index is 713. The molecule has 112 valence electrons. The van der Waals surface area contributed by atoms with Crippen LogP contribution in [0.3, 0.4) is 0 Å². The average molecular weight is 369 g/mol. The molecule has 0 heterocycles. The molecule has 0 fully saturated rings. The smallest absolute Gasteiger partial charge is 0.242 e. The highest BCUT2D eigenvalue weighted by atomic mass is 79.9. The van der Waals surface area contributed by atoms with Crippen molar-refractivity contribution < 1.29 is 8.42 Å². The van der Waals surface area contributed by atoms with Crippen molar-refractivity contribution >= 4 is 31.6 Å². The molecule has 0 aliphatic heterocycles. The monoisotopic (exact) mass is 368 g/mol. The van der Waals surface area contributed by atoms with Crippen LogP contribution in [0.1, 0.15) is 5.56 Å². The molecule has 0 unspecified atom stereocenters. The Balaban J connectivity index is 2.07. The first-order valence-electron chi connectivity index (χ1n) is 6.40. The summed E-state index contributed by atoms with van der Waals surface area (Å²) in [6.07, 6.45) is 0. The first-order chi connectivity index (χ1) is 9.89. The minimum Gasteiger partial charge on any atom is -0.381 e. The molecule has 0 saturated carbocycles. The van der Waals surface area contributed by atoms with Gasteiger partial charge in [-0.25, -0.2) is 12.7 Å². The highest BCUT2D eigenvalue weighted by Gasteiger charge is 2.16. The van der Waals surface area contributed by atoms with Gasteiger partial charge in [0.15, 0.2) is 0 Å². The Hall–Kier alpha value is -1.37. The van der Waals surface area contributed by atoms with Gasteiger partial charge in [-0.05, 0) is 42.0 Å². The van der Waals surface area contributed by atoms with Crippen molar-refractivity contribution in [1.29, 1.82) is 0 Å². The van der Waals surface area contributed by atoms with Crippen LogP contribution >= 0.6 is 15.9 Å². The Kier molecular flexibility index (Phi) is 5.03. The quantitative estimate of drug-likeness (QED) is 0.880. The first-order valence-corrected chi connectivity index (χ1v) is 8.64. The van der Waals surface area contributed by atoms with Gasteiger partial charge in [0.1, 0.15) is 0 Å². The second-order valence-electron chi connectivity index (χ2n) is 4.80. The third-order valence-corrected chi connectivity index (χ3v) is 5.34. The second-order valence-corrected chi connectivity index (χ2v) is 7.86. The molecule has 21 heavy (non-hydrogen) atoms. The molecule has 4 nitrogen and oxygen atoms in total. The number of rotatable bonds is 5. The fraction of sp³-hybridized carbons (Fsp3) is 0.200. The SMILES string of the molecule is CN(C)S(=O)(=O)c1ccc(NCc2cccc(Br)c2)cc1. The fourth-order valence-corrected chi connectivity index (χ4v) is 3.15. The Morgan fingerprint density at radius 3 is 2.33 bits per heavy atom. The van der Waals surface area contributed by atoms with Crippen LogP contribution < -0.4 is 5.32 Å². The molecule has 0 aliphatic rings. The van der Waals surface area contributed by atoms with E-state index in [4.69, 9.17) is 0 Å². The summed E-state index contributed by atoms with van der Waals surface area (Å²) in [5, 5.41) is 3.27. The summed E-state index contributed by atoms with van der Waals surface area (Å²) in [5.41, 5.74) is 2.03. The minimum atomic E-state index is -3.37. The lowest BCUT2D eigenvalue weighted by Gasteiger charge is -2.12. The van der Waals surface area contributed by atoms with Gasteiger partial charge >= 0.3 is 0 Å². The molecule has 2 aromatic carbocycles. The van der Waals surface area contributed by atoms with Crippen molar-refractivity contribution in [3.63, 3.8) is 0 Å². The third-order valence-electron chi connectivity index (χ3n) is 3.02. The predicted molar refractivity (Wildman–Crippen MR) is 88.8 cm³/mol. The van der Waals surface area contributed by atoms with E-state index in [-0.39, 0.29) is 0 Å². The summed E-state index contributed by atoms with van der Waals surface area (Å²) in [5.74, 6) is 0. The normalized spacial score (nSPS) is 11.6. The van der Waals surface area contributed by atoms with E-state index >= 15 is 0 Å². The molecule has 0 amide bonds. The number of nitrogens with one attached hydrogen (secondary N) is 1. The molecule has 0 saturated heterocycles. The van der Waals surface area contributed by atoms with Crippen LogP contribution in [0.5, 0.6) is 0 Å². The third kappa shape index (κ3) is 4.06. The van der Waals surface area contributed by atoms with Gasteiger partial charge in [0.2, 0.25) is 10.0 Å². The van der Waals surface area contributed by atoms with Crippen molar-refractivity contribution in [3.05, 3.63) is 58.6 Å². The molecule has 2 aromatic rings. The van der Waals surface area contributed by atoms with E-state index in [2.05, 4.69) is 21.2 Å². The van der Waals surface area contributed by atoms with E-state index in [9.17, 15) is 8.42 Å². The van der Waals surface area contributed by atoms with Gasteiger partial charge in [-0.1, -0.05) is 28.1 Å². The van der Waals surface area contributed by atoms with Crippen LogP contribution in [-0.2, 0) is 16.6 Å². The number of hydrogen-bond donors (Lipinski definition) is 1. The van der Waals surface area contributed by atoms with Crippen molar-refractivity contribution in [3.8, 4) is 0 Å². The Morgan fingerprint density at radius 2 is 1.76 bits per heavy atom. The number of halogens is 1. The Morgan fingerprint density at radius 1 is 1.10 bits per heavy atom. The minimum absolute atomic E-state index is 0.292. The topological polar surface area (TPSA) is 49.4 Å². The summed E-state index contributed by atoms with van der Waals surface area (Å²) in [4.78, 5) is 0.292. The van der Waals surface area contributed by atoms with Crippen molar-refractivity contribution in [2.45, 2.75) is 11.4 Å². The average Bonchev–Trinajstić information content (AvgIpc) is 2.45. The van der Waals surface area contributed by atoms with Gasteiger partial charge in [-0.3, -0.25) is 0 Å². The van der Waals surface area contributed by atoms with Gasteiger partial charge < -0.3 is 5.32 Å². The lowest BCUT2D eigenvalue weighted by Crippen LogP contribution is -2.22. The zero-order valence-corrected chi connectivity index (χ0v) is 14.3. The van der Waals surface area contributed by atoms with Crippen LogP contribution in [0.4, 0.5) is 5.69 Å². The van der Waals surface area contributed by atoms with E-state index < -0.39 is 10.0 Å². The molecule has 1 N–H and O–H groups in total. The van der Waals surface area contributed by atoms with E-state index in [0.29, 0.717) is 11.4 Å². The van der Waals surface area contributed by atoms with Gasteiger partial charge in [-0.2, -0.15) is 0 Å². The van der Waals surface area contributed by atoms with E-state index in [1.165, 1.54) is 18.4 Å².